The molecule has 1 N–H and O–H groups in total. The largest absolute Gasteiger partial charge is 0.493 e. The van der Waals surface area contributed by atoms with Gasteiger partial charge in [-0.1, -0.05) is 18.2 Å². The van der Waals surface area contributed by atoms with Crippen LogP contribution in [-0.4, -0.2) is 29.0 Å². The number of ether oxygens (including phenoxy) is 3. The summed E-state index contributed by atoms with van der Waals surface area (Å²) >= 11 is 0. The highest BCUT2D eigenvalue weighted by molar-refractivity contribution is 6.06. The SMILES string of the molecule is COc1cccc(C(=O)Nc2cccc(OCc3cn4ccccc4n3)c2)c1OC(F)F. The van der Waals surface area contributed by atoms with E-state index in [1.807, 2.05) is 35.0 Å². The van der Waals surface area contributed by atoms with Crippen molar-refractivity contribution in [1.82, 2.24) is 9.38 Å². The molecule has 7 nitrogen and oxygen atoms in total. The Hall–Kier alpha value is -4.14. The molecule has 0 atom stereocenters. The van der Waals surface area contributed by atoms with Gasteiger partial charge < -0.3 is 23.9 Å². The molecular weight excluding hydrogens is 420 g/mol. The number of carbonyl (C=O) groups excluding carboxylic acids is 1. The first kappa shape index (κ1) is 21.1. The Morgan fingerprint density at radius 1 is 1.12 bits per heavy atom. The molecule has 4 aromatic rings. The second kappa shape index (κ2) is 9.34. The van der Waals surface area contributed by atoms with Crippen molar-refractivity contribution in [2.24, 2.45) is 0 Å². The summed E-state index contributed by atoms with van der Waals surface area (Å²) in [5.41, 5.74) is 1.90. The number of nitrogens with zero attached hydrogens (tertiary/aromatic N) is 2. The Kier molecular flexibility index (Phi) is 6.16. The number of para-hydroxylation sites is 1. The van der Waals surface area contributed by atoms with Crippen LogP contribution in [0, 0.1) is 0 Å². The van der Waals surface area contributed by atoms with Crippen LogP contribution in [0.3, 0.4) is 0 Å². The van der Waals surface area contributed by atoms with Crippen LogP contribution in [0.2, 0.25) is 0 Å². The summed E-state index contributed by atoms with van der Waals surface area (Å²) in [6.07, 6.45) is 3.76. The van der Waals surface area contributed by atoms with Gasteiger partial charge in [-0.3, -0.25) is 4.79 Å². The summed E-state index contributed by atoms with van der Waals surface area (Å²) in [6.45, 7) is -2.87. The Balaban J connectivity index is 1.47. The number of nitrogens with one attached hydrogen (secondary N) is 1. The van der Waals surface area contributed by atoms with E-state index >= 15 is 0 Å². The van der Waals surface area contributed by atoms with Crippen LogP contribution in [-0.2, 0) is 6.61 Å². The first-order chi connectivity index (χ1) is 15.5. The molecular formula is C23H19F2N3O4. The molecule has 32 heavy (non-hydrogen) atoms. The van der Waals surface area contributed by atoms with Crippen molar-refractivity contribution in [2.75, 3.05) is 12.4 Å². The molecule has 0 aliphatic heterocycles. The van der Waals surface area contributed by atoms with Crippen molar-refractivity contribution in [2.45, 2.75) is 13.2 Å². The van der Waals surface area contributed by atoms with Gasteiger partial charge in [0.2, 0.25) is 0 Å². The molecule has 164 valence electrons. The molecule has 0 aliphatic carbocycles. The third kappa shape index (κ3) is 4.77. The van der Waals surface area contributed by atoms with Crippen molar-refractivity contribution in [1.29, 1.82) is 0 Å². The van der Waals surface area contributed by atoms with E-state index in [1.54, 1.807) is 24.3 Å². The average Bonchev–Trinajstić information content (AvgIpc) is 3.21. The molecule has 0 unspecified atom stereocenters. The molecule has 9 heteroatoms. The molecule has 0 spiro atoms. The van der Waals surface area contributed by atoms with Crippen molar-refractivity contribution in [3.05, 3.63) is 84.3 Å². The molecule has 0 saturated carbocycles. The van der Waals surface area contributed by atoms with Crippen LogP contribution >= 0.6 is 0 Å². The van der Waals surface area contributed by atoms with Crippen molar-refractivity contribution >= 4 is 17.2 Å². The third-order valence-corrected chi connectivity index (χ3v) is 4.54. The zero-order chi connectivity index (χ0) is 22.5. The fraction of sp³-hybridized carbons (Fsp3) is 0.130. The molecule has 2 aromatic heterocycles. The maximum Gasteiger partial charge on any atom is 0.387 e. The molecule has 0 fully saturated rings. The number of aromatic nitrogens is 2. The molecule has 0 aliphatic rings. The zero-order valence-corrected chi connectivity index (χ0v) is 17.0. The number of pyridine rings is 1. The van der Waals surface area contributed by atoms with Crippen molar-refractivity contribution < 1.29 is 27.8 Å². The van der Waals surface area contributed by atoms with E-state index in [0.29, 0.717) is 11.4 Å². The van der Waals surface area contributed by atoms with Crippen LogP contribution in [0.1, 0.15) is 16.1 Å². The van der Waals surface area contributed by atoms with E-state index < -0.39 is 12.5 Å². The fourth-order valence-electron chi connectivity index (χ4n) is 3.14. The number of hydrogen-bond acceptors (Lipinski definition) is 5. The molecule has 2 heterocycles. The minimum Gasteiger partial charge on any atom is -0.493 e. The van der Waals surface area contributed by atoms with Gasteiger partial charge in [-0.25, -0.2) is 4.98 Å². The number of alkyl halides is 2. The Bertz CT molecular complexity index is 1210. The van der Waals surface area contributed by atoms with Gasteiger partial charge in [0.15, 0.2) is 11.5 Å². The number of carbonyl (C=O) groups is 1. The van der Waals surface area contributed by atoms with Crippen LogP contribution in [0.5, 0.6) is 17.2 Å². The fourth-order valence-corrected chi connectivity index (χ4v) is 3.14. The van der Waals surface area contributed by atoms with Gasteiger partial charge in [0.05, 0.1) is 18.4 Å². The molecule has 1 amide bonds. The standard InChI is InChI=1S/C23H19F2N3O4/c1-30-19-9-5-8-18(21(19)32-23(24)25)22(29)27-15-6-4-7-17(12-15)31-14-16-13-28-11-3-2-10-20(28)26-16/h2-13,23H,14H2,1H3,(H,27,29). The van der Waals surface area contributed by atoms with Crippen molar-refractivity contribution in [3.8, 4) is 17.2 Å². The lowest BCUT2D eigenvalue weighted by Crippen LogP contribution is -2.15. The van der Waals surface area contributed by atoms with Gasteiger partial charge in [-0.05, 0) is 36.4 Å². The predicted octanol–water partition coefficient (Wildman–Crippen LogP) is 4.78. The average molecular weight is 439 g/mol. The van der Waals surface area contributed by atoms with Gasteiger partial charge >= 0.3 is 6.61 Å². The number of methoxy groups -OCH3 is 1. The topological polar surface area (TPSA) is 74.1 Å². The Morgan fingerprint density at radius 2 is 1.97 bits per heavy atom. The summed E-state index contributed by atoms with van der Waals surface area (Å²) < 4.78 is 42.9. The monoisotopic (exact) mass is 439 g/mol. The number of amides is 1. The van der Waals surface area contributed by atoms with E-state index in [0.717, 1.165) is 11.3 Å². The number of halogens is 2. The molecule has 0 radical (unpaired) electrons. The van der Waals surface area contributed by atoms with E-state index in [-0.39, 0.29) is 23.7 Å². The van der Waals surface area contributed by atoms with Crippen LogP contribution in [0.15, 0.2) is 73.1 Å². The highest BCUT2D eigenvalue weighted by Gasteiger charge is 2.20. The van der Waals surface area contributed by atoms with Gasteiger partial charge in [0.25, 0.3) is 5.91 Å². The number of fused-ring (bicyclic) bond motifs is 1. The second-order valence-electron chi connectivity index (χ2n) is 6.68. The minimum absolute atomic E-state index is 0.0301. The second-order valence-corrected chi connectivity index (χ2v) is 6.68. The van der Waals surface area contributed by atoms with Crippen LogP contribution < -0.4 is 19.5 Å². The van der Waals surface area contributed by atoms with E-state index in [9.17, 15) is 13.6 Å². The minimum atomic E-state index is -3.10. The maximum atomic E-state index is 12.8. The third-order valence-electron chi connectivity index (χ3n) is 4.54. The van der Waals surface area contributed by atoms with Gasteiger partial charge in [0.1, 0.15) is 18.0 Å². The summed E-state index contributed by atoms with van der Waals surface area (Å²) in [7, 11) is 1.30. The number of benzene rings is 2. The van der Waals surface area contributed by atoms with Gasteiger partial charge in [0, 0.05) is 24.1 Å². The van der Waals surface area contributed by atoms with Gasteiger partial charge in [-0.15, -0.1) is 0 Å². The lowest BCUT2D eigenvalue weighted by atomic mass is 10.1. The normalized spacial score (nSPS) is 10.9. The van der Waals surface area contributed by atoms with Crippen LogP contribution in [0.25, 0.3) is 5.65 Å². The first-order valence-corrected chi connectivity index (χ1v) is 9.62. The number of rotatable bonds is 8. The van der Waals surface area contributed by atoms with E-state index in [1.165, 1.54) is 25.3 Å². The Morgan fingerprint density at radius 3 is 2.75 bits per heavy atom. The van der Waals surface area contributed by atoms with Crippen LogP contribution in [0.4, 0.5) is 14.5 Å². The Labute approximate surface area is 182 Å². The highest BCUT2D eigenvalue weighted by Crippen LogP contribution is 2.33. The first-order valence-electron chi connectivity index (χ1n) is 9.62. The van der Waals surface area contributed by atoms with E-state index in [4.69, 9.17) is 9.47 Å². The summed E-state index contributed by atoms with van der Waals surface area (Å²) in [5.74, 6) is -0.421. The number of hydrogen-bond donors (Lipinski definition) is 1. The summed E-state index contributed by atoms with van der Waals surface area (Å²) in [6, 6.07) is 16.8. The molecule has 0 bridgehead atoms. The zero-order valence-electron chi connectivity index (χ0n) is 17.0. The number of imidazole rings is 1. The van der Waals surface area contributed by atoms with E-state index in [2.05, 4.69) is 15.0 Å². The lowest BCUT2D eigenvalue weighted by Gasteiger charge is -2.14. The van der Waals surface area contributed by atoms with Gasteiger partial charge in [-0.2, -0.15) is 8.78 Å². The summed E-state index contributed by atoms with van der Waals surface area (Å²) in [4.78, 5) is 17.2. The number of anilines is 1. The maximum absolute atomic E-state index is 12.8. The molecule has 2 aromatic carbocycles. The van der Waals surface area contributed by atoms with Crippen molar-refractivity contribution in [3.63, 3.8) is 0 Å². The predicted molar refractivity (Wildman–Crippen MR) is 114 cm³/mol. The highest BCUT2D eigenvalue weighted by atomic mass is 19.3. The summed E-state index contributed by atoms with van der Waals surface area (Å²) in [5, 5.41) is 2.66. The quantitative estimate of drug-likeness (QED) is 0.428. The lowest BCUT2D eigenvalue weighted by molar-refractivity contribution is -0.0515. The smallest absolute Gasteiger partial charge is 0.387 e. The molecule has 4 rings (SSSR count). The molecule has 0 saturated heterocycles.